The molecule has 1 fully saturated rings. The number of carbonyl (C=O) groups excluding carboxylic acids is 1. The van der Waals surface area contributed by atoms with E-state index in [0.29, 0.717) is 24.4 Å². The summed E-state index contributed by atoms with van der Waals surface area (Å²) in [5, 5.41) is 0.351. The topological polar surface area (TPSA) is 63.7 Å². The number of rotatable bonds is 6. The van der Waals surface area contributed by atoms with Gasteiger partial charge in [-0.3, -0.25) is 4.79 Å². The van der Waals surface area contributed by atoms with E-state index in [4.69, 9.17) is 16.3 Å². The maximum Gasteiger partial charge on any atom is 0.222 e. The van der Waals surface area contributed by atoms with Gasteiger partial charge in [-0.1, -0.05) is 31.4 Å². The van der Waals surface area contributed by atoms with E-state index < -0.39 is 38.0 Å². The first kappa shape index (κ1) is 24.0. The number of unbranched alkanes of at least 4 members (excludes halogenated alkanes) is 2. The number of piperidine rings is 1. The lowest BCUT2D eigenvalue weighted by Crippen LogP contribution is -2.64. The Balaban J connectivity index is 1.91. The summed E-state index contributed by atoms with van der Waals surface area (Å²) in [5.74, 6) is -2.30. The maximum absolute atomic E-state index is 15.3. The van der Waals surface area contributed by atoms with Gasteiger partial charge in [-0.15, -0.1) is 0 Å². The van der Waals surface area contributed by atoms with Crippen LogP contribution >= 0.6 is 11.6 Å². The summed E-state index contributed by atoms with van der Waals surface area (Å²) in [4.78, 5) is 14.6. The molecule has 0 radical (unpaired) electrons. The summed E-state index contributed by atoms with van der Waals surface area (Å²) in [6, 6.07) is 6.46. The molecule has 1 amide bonds. The molecule has 0 N–H and O–H groups in total. The van der Waals surface area contributed by atoms with Gasteiger partial charge >= 0.3 is 0 Å². The number of hydrogen-bond donors (Lipinski definition) is 0. The van der Waals surface area contributed by atoms with Gasteiger partial charge in [0.15, 0.2) is 21.4 Å². The van der Waals surface area contributed by atoms with Crippen molar-refractivity contribution in [1.82, 2.24) is 4.90 Å². The lowest BCUT2D eigenvalue weighted by Gasteiger charge is -2.51. The Hall–Kier alpha value is -2.19. The number of hydrogen-bond acceptors (Lipinski definition) is 4. The number of ether oxygens (including phenoxy) is 1. The summed E-state index contributed by atoms with van der Waals surface area (Å²) in [7, 11) is -4.28. The smallest absolute Gasteiger partial charge is 0.222 e. The molecule has 0 unspecified atom stereocenters. The number of fused-ring (bicyclic) bond motifs is 3. The van der Waals surface area contributed by atoms with Crippen LogP contribution in [0.3, 0.4) is 0 Å². The van der Waals surface area contributed by atoms with E-state index in [1.54, 1.807) is 0 Å². The lowest BCUT2D eigenvalue weighted by molar-refractivity contribution is -0.137. The van der Waals surface area contributed by atoms with Crippen molar-refractivity contribution in [3.63, 3.8) is 0 Å². The van der Waals surface area contributed by atoms with Crippen molar-refractivity contribution >= 4 is 27.3 Å². The van der Waals surface area contributed by atoms with Crippen LogP contribution in [0.4, 0.5) is 8.78 Å². The standard InChI is InChI=1S/C24H26ClF2NO4S/c1-2-3-4-6-21(29)28-14-5-13-24(33(30,31)17-9-7-16(25)8-10-17)20(28)15-32-23-19(27)12-11-18(26)22(23)24/h7-12,20H,2-6,13-15H2,1H3/t20-,24+/m0/s1. The summed E-state index contributed by atoms with van der Waals surface area (Å²) in [6.45, 7) is 2.13. The number of amides is 1. The van der Waals surface area contributed by atoms with Crippen molar-refractivity contribution in [2.75, 3.05) is 13.2 Å². The Kier molecular flexibility index (Phi) is 6.69. The fourth-order valence-corrected chi connectivity index (χ4v) is 7.54. The average molecular weight is 498 g/mol. The van der Waals surface area contributed by atoms with E-state index in [-0.39, 0.29) is 35.8 Å². The molecule has 2 aromatic rings. The van der Waals surface area contributed by atoms with Crippen molar-refractivity contribution in [2.24, 2.45) is 0 Å². The largest absolute Gasteiger partial charge is 0.488 e. The molecule has 0 aliphatic carbocycles. The van der Waals surface area contributed by atoms with Crippen molar-refractivity contribution < 1.29 is 26.7 Å². The van der Waals surface area contributed by atoms with Gasteiger partial charge in [0.1, 0.15) is 17.2 Å². The first-order chi connectivity index (χ1) is 15.7. The molecule has 0 aromatic heterocycles. The van der Waals surface area contributed by atoms with E-state index in [0.717, 1.165) is 25.0 Å². The normalized spacial score (nSPS) is 22.3. The third-order valence-corrected chi connectivity index (χ3v) is 9.43. The highest BCUT2D eigenvalue weighted by Crippen LogP contribution is 2.53. The molecule has 2 aliphatic heterocycles. The Bertz CT molecular complexity index is 1160. The lowest BCUT2D eigenvalue weighted by atomic mass is 9.80. The van der Waals surface area contributed by atoms with E-state index in [1.165, 1.54) is 29.2 Å². The van der Waals surface area contributed by atoms with Gasteiger partial charge < -0.3 is 9.64 Å². The van der Waals surface area contributed by atoms with Crippen LogP contribution in [0.5, 0.6) is 5.75 Å². The third kappa shape index (κ3) is 3.91. The van der Waals surface area contributed by atoms with Crippen LogP contribution in [0.25, 0.3) is 0 Å². The molecule has 9 heteroatoms. The number of halogens is 3. The van der Waals surface area contributed by atoms with Gasteiger partial charge in [-0.2, -0.15) is 0 Å². The van der Waals surface area contributed by atoms with E-state index in [9.17, 15) is 17.6 Å². The Labute approximate surface area is 197 Å². The minimum Gasteiger partial charge on any atom is -0.488 e. The molecule has 0 saturated carbocycles. The molecule has 2 aliphatic rings. The van der Waals surface area contributed by atoms with Crippen molar-refractivity contribution in [3.05, 3.63) is 58.6 Å². The van der Waals surface area contributed by atoms with Crippen LogP contribution in [0, 0.1) is 11.6 Å². The second kappa shape index (κ2) is 9.22. The molecular formula is C24H26ClF2NO4S. The number of sulfone groups is 1. The summed E-state index contributed by atoms with van der Waals surface area (Å²) in [6.07, 6.45) is 3.12. The molecule has 2 heterocycles. The molecule has 0 bridgehead atoms. The van der Waals surface area contributed by atoms with Gasteiger partial charge in [0.05, 0.1) is 16.5 Å². The second-order valence-corrected chi connectivity index (χ2v) is 11.2. The van der Waals surface area contributed by atoms with Gasteiger partial charge in [-0.05, 0) is 55.7 Å². The highest BCUT2D eigenvalue weighted by Gasteiger charge is 2.61. The summed E-state index contributed by atoms with van der Waals surface area (Å²) >= 11 is 5.96. The number of likely N-dealkylation sites (tertiary alicyclic amines) is 1. The molecule has 0 spiro atoms. The SMILES string of the molecule is CCCCCC(=O)N1CCC[C@]2(S(=O)(=O)c3ccc(Cl)cc3)c3c(F)ccc(F)c3OC[C@H]12. The highest BCUT2D eigenvalue weighted by atomic mass is 35.5. The minimum absolute atomic E-state index is 0.0398. The molecule has 2 atom stereocenters. The van der Waals surface area contributed by atoms with Crippen LogP contribution in [-0.4, -0.2) is 38.4 Å². The average Bonchev–Trinajstić information content (AvgIpc) is 2.80. The predicted molar refractivity (Wildman–Crippen MR) is 121 cm³/mol. The van der Waals surface area contributed by atoms with Crippen LogP contribution in [0.15, 0.2) is 41.3 Å². The maximum atomic E-state index is 15.3. The monoisotopic (exact) mass is 497 g/mol. The van der Waals surface area contributed by atoms with Crippen molar-refractivity contribution in [3.8, 4) is 5.75 Å². The van der Waals surface area contributed by atoms with E-state index in [1.807, 2.05) is 6.92 Å². The van der Waals surface area contributed by atoms with Gasteiger partial charge in [-0.25, -0.2) is 17.2 Å². The quantitative estimate of drug-likeness (QED) is 0.511. The zero-order valence-corrected chi connectivity index (χ0v) is 19.9. The van der Waals surface area contributed by atoms with Crippen LogP contribution in [0.1, 0.15) is 51.0 Å². The fourth-order valence-electron chi connectivity index (χ4n) is 5.07. The Morgan fingerprint density at radius 2 is 1.85 bits per heavy atom. The summed E-state index contributed by atoms with van der Waals surface area (Å²) < 4.78 is 62.1. The molecule has 2 aromatic carbocycles. The molecule has 33 heavy (non-hydrogen) atoms. The zero-order valence-electron chi connectivity index (χ0n) is 18.3. The third-order valence-electron chi connectivity index (χ3n) is 6.65. The van der Waals surface area contributed by atoms with E-state index in [2.05, 4.69) is 0 Å². The van der Waals surface area contributed by atoms with Crippen LogP contribution in [-0.2, 0) is 19.4 Å². The zero-order chi connectivity index (χ0) is 23.8. The minimum atomic E-state index is -4.28. The van der Waals surface area contributed by atoms with Crippen LogP contribution < -0.4 is 4.74 Å². The number of carbonyl (C=O) groups is 1. The van der Waals surface area contributed by atoms with Crippen molar-refractivity contribution in [1.29, 1.82) is 0 Å². The Morgan fingerprint density at radius 1 is 1.15 bits per heavy atom. The summed E-state index contributed by atoms with van der Waals surface area (Å²) in [5.41, 5.74) is -0.334. The highest BCUT2D eigenvalue weighted by molar-refractivity contribution is 7.92. The first-order valence-corrected chi connectivity index (χ1v) is 13.0. The first-order valence-electron chi connectivity index (χ1n) is 11.1. The molecule has 1 saturated heterocycles. The number of benzene rings is 2. The predicted octanol–water partition coefficient (Wildman–Crippen LogP) is 5.25. The van der Waals surface area contributed by atoms with Crippen molar-refractivity contribution in [2.45, 2.75) is 61.1 Å². The number of nitrogens with zero attached hydrogens (tertiary/aromatic N) is 1. The second-order valence-electron chi connectivity index (χ2n) is 8.55. The van der Waals surface area contributed by atoms with Crippen LogP contribution in [0.2, 0.25) is 5.02 Å². The molecule has 5 nitrogen and oxygen atoms in total. The van der Waals surface area contributed by atoms with Gasteiger partial charge in [0.2, 0.25) is 5.91 Å². The molecule has 178 valence electrons. The van der Waals surface area contributed by atoms with Gasteiger partial charge in [0.25, 0.3) is 0 Å². The van der Waals surface area contributed by atoms with E-state index >= 15 is 4.39 Å². The Morgan fingerprint density at radius 3 is 2.55 bits per heavy atom. The molecule has 4 rings (SSSR count). The van der Waals surface area contributed by atoms with Gasteiger partial charge in [0, 0.05) is 18.0 Å². The molecular weight excluding hydrogens is 472 g/mol. The fraction of sp³-hybridized carbons (Fsp3) is 0.458.